The lowest BCUT2D eigenvalue weighted by atomic mass is 9.82. The Bertz CT molecular complexity index is 469. The number of benzene rings is 1. The van der Waals surface area contributed by atoms with Gasteiger partial charge in [0.25, 0.3) is 0 Å². The summed E-state index contributed by atoms with van der Waals surface area (Å²) in [6, 6.07) is 4.11. The SMILES string of the molecule is CCN(CC)C(C)(CC)C(O)c1c(C)cc(C)cc1OC. The van der Waals surface area contributed by atoms with Crippen LogP contribution >= 0.6 is 0 Å². The minimum absolute atomic E-state index is 0.295. The Labute approximate surface area is 129 Å². The van der Waals surface area contributed by atoms with Gasteiger partial charge in [-0.2, -0.15) is 0 Å². The van der Waals surface area contributed by atoms with Gasteiger partial charge in [0.1, 0.15) is 11.9 Å². The van der Waals surface area contributed by atoms with Gasteiger partial charge in [-0.05, 0) is 57.5 Å². The first-order valence-corrected chi connectivity index (χ1v) is 7.93. The normalized spacial score (nSPS) is 15.9. The third-order valence-electron chi connectivity index (χ3n) is 4.78. The lowest BCUT2D eigenvalue weighted by Gasteiger charge is -2.44. The zero-order chi connectivity index (χ0) is 16.2. The van der Waals surface area contributed by atoms with Gasteiger partial charge in [0.15, 0.2) is 0 Å². The van der Waals surface area contributed by atoms with Crippen LogP contribution in [0.25, 0.3) is 0 Å². The molecule has 1 rings (SSSR count). The van der Waals surface area contributed by atoms with Gasteiger partial charge < -0.3 is 9.84 Å². The quantitative estimate of drug-likeness (QED) is 0.828. The smallest absolute Gasteiger partial charge is 0.125 e. The Hall–Kier alpha value is -1.06. The van der Waals surface area contributed by atoms with E-state index in [2.05, 4.69) is 45.6 Å². The topological polar surface area (TPSA) is 32.7 Å². The van der Waals surface area contributed by atoms with E-state index in [1.165, 1.54) is 0 Å². The molecule has 0 saturated carbocycles. The molecule has 0 amide bonds. The fourth-order valence-electron chi connectivity index (χ4n) is 3.31. The summed E-state index contributed by atoms with van der Waals surface area (Å²) in [6.45, 7) is 14.5. The number of aryl methyl sites for hydroxylation is 2. The summed E-state index contributed by atoms with van der Waals surface area (Å²) in [4.78, 5) is 2.33. The molecule has 0 bridgehead atoms. The molecule has 120 valence electrons. The van der Waals surface area contributed by atoms with Crippen molar-refractivity contribution in [2.24, 2.45) is 0 Å². The second kappa shape index (κ2) is 7.28. The van der Waals surface area contributed by atoms with Crippen LogP contribution in [0.1, 0.15) is 56.9 Å². The number of rotatable bonds is 7. The number of aliphatic hydroxyl groups excluding tert-OH is 1. The van der Waals surface area contributed by atoms with Crippen molar-refractivity contribution in [1.82, 2.24) is 4.90 Å². The fourth-order valence-corrected chi connectivity index (χ4v) is 3.31. The molecule has 0 spiro atoms. The number of methoxy groups -OCH3 is 1. The van der Waals surface area contributed by atoms with Gasteiger partial charge in [-0.3, -0.25) is 4.90 Å². The molecule has 2 unspecified atom stereocenters. The number of ether oxygens (including phenoxy) is 1. The average molecular weight is 293 g/mol. The molecule has 0 aliphatic carbocycles. The van der Waals surface area contributed by atoms with Crippen molar-refractivity contribution >= 4 is 0 Å². The highest BCUT2D eigenvalue weighted by molar-refractivity contribution is 5.45. The molecular weight excluding hydrogens is 262 g/mol. The zero-order valence-corrected chi connectivity index (χ0v) is 14.7. The molecule has 0 saturated heterocycles. The number of hydrogen-bond acceptors (Lipinski definition) is 3. The summed E-state index contributed by atoms with van der Waals surface area (Å²) < 4.78 is 5.54. The maximum atomic E-state index is 11.1. The minimum atomic E-state index is -0.571. The number of nitrogens with zero attached hydrogens (tertiary/aromatic N) is 1. The van der Waals surface area contributed by atoms with Crippen molar-refractivity contribution in [3.63, 3.8) is 0 Å². The third-order valence-corrected chi connectivity index (χ3v) is 4.78. The molecule has 0 radical (unpaired) electrons. The van der Waals surface area contributed by atoms with Crippen LogP contribution in [-0.2, 0) is 0 Å². The van der Waals surface area contributed by atoms with E-state index < -0.39 is 6.10 Å². The standard InChI is InChI=1S/C18H31NO2/c1-8-18(6,19(9-2)10-3)17(20)16-14(5)11-13(4)12-15(16)21-7/h11-12,17,20H,8-10H2,1-7H3. The first-order valence-electron chi connectivity index (χ1n) is 7.93. The maximum absolute atomic E-state index is 11.1. The first-order chi connectivity index (χ1) is 9.85. The van der Waals surface area contributed by atoms with Crippen molar-refractivity contribution in [3.05, 3.63) is 28.8 Å². The van der Waals surface area contributed by atoms with Gasteiger partial charge in [-0.15, -0.1) is 0 Å². The lowest BCUT2D eigenvalue weighted by Crippen LogP contribution is -2.50. The van der Waals surface area contributed by atoms with Crippen LogP contribution in [0, 0.1) is 13.8 Å². The monoisotopic (exact) mass is 293 g/mol. The van der Waals surface area contributed by atoms with Crippen molar-refractivity contribution in [1.29, 1.82) is 0 Å². The molecule has 0 aromatic heterocycles. The zero-order valence-electron chi connectivity index (χ0n) is 14.7. The molecule has 1 aromatic rings. The highest BCUT2D eigenvalue weighted by Gasteiger charge is 2.38. The van der Waals surface area contributed by atoms with Crippen LogP contribution in [0.2, 0.25) is 0 Å². The largest absolute Gasteiger partial charge is 0.496 e. The number of hydrogen-bond donors (Lipinski definition) is 1. The number of aliphatic hydroxyl groups is 1. The minimum Gasteiger partial charge on any atom is -0.496 e. The van der Waals surface area contributed by atoms with Crippen LogP contribution < -0.4 is 4.74 Å². The van der Waals surface area contributed by atoms with Gasteiger partial charge in [0, 0.05) is 11.1 Å². The molecule has 2 atom stereocenters. The van der Waals surface area contributed by atoms with Gasteiger partial charge in [0.05, 0.1) is 7.11 Å². The summed E-state index contributed by atoms with van der Waals surface area (Å²) in [6.07, 6.45) is 0.310. The molecule has 0 aliphatic rings. The second-order valence-electron chi connectivity index (χ2n) is 5.98. The summed E-state index contributed by atoms with van der Waals surface area (Å²) in [7, 11) is 1.67. The van der Waals surface area contributed by atoms with E-state index in [9.17, 15) is 5.11 Å². The molecule has 3 heteroatoms. The third kappa shape index (κ3) is 3.41. The number of likely N-dealkylation sites (N-methyl/N-ethyl adjacent to an activating group) is 1. The van der Waals surface area contributed by atoms with Gasteiger partial charge in [0.2, 0.25) is 0 Å². The molecule has 0 aliphatic heterocycles. The van der Waals surface area contributed by atoms with E-state index in [-0.39, 0.29) is 5.54 Å². The maximum Gasteiger partial charge on any atom is 0.125 e. The molecule has 21 heavy (non-hydrogen) atoms. The predicted octanol–water partition coefficient (Wildman–Crippen LogP) is 3.86. The molecule has 1 aromatic carbocycles. The van der Waals surface area contributed by atoms with Gasteiger partial charge in [-0.1, -0.05) is 26.8 Å². The van der Waals surface area contributed by atoms with E-state index in [4.69, 9.17) is 4.74 Å². The Kier molecular flexibility index (Phi) is 6.24. The van der Waals surface area contributed by atoms with Crippen molar-refractivity contribution < 1.29 is 9.84 Å². The van der Waals surface area contributed by atoms with E-state index in [0.29, 0.717) is 0 Å². The Balaban J connectivity index is 3.37. The van der Waals surface area contributed by atoms with Crippen LogP contribution in [0.3, 0.4) is 0 Å². The summed E-state index contributed by atoms with van der Waals surface area (Å²) in [5.41, 5.74) is 2.86. The first kappa shape index (κ1) is 18.0. The van der Waals surface area contributed by atoms with Crippen molar-refractivity contribution in [3.8, 4) is 5.75 Å². The second-order valence-corrected chi connectivity index (χ2v) is 5.98. The van der Waals surface area contributed by atoms with Crippen molar-refractivity contribution in [2.75, 3.05) is 20.2 Å². The van der Waals surface area contributed by atoms with E-state index in [1.54, 1.807) is 7.11 Å². The Morgan fingerprint density at radius 3 is 2.19 bits per heavy atom. The van der Waals surface area contributed by atoms with Crippen LogP contribution in [0.4, 0.5) is 0 Å². The van der Waals surface area contributed by atoms with E-state index >= 15 is 0 Å². The molecular formula is C18H31NO2. The molecule has 0 heterocycles. The van der Waals surface area contributed by atoms with Gasteiger partial charge >= 0.3 is 0 Å². The van der Waals surface area contributed by atoms with Crippen molar-refractivity contribution in [2.45, 2.75) is 59.6 Å². The van der Waals surface area contributed by atoms with Crippen LogP contribution in [0.15, 0.2) is 12.1 Å². The van der Waals surface area contributed by atoms with Crippen LogP contribution in [-0.4, -0.2) is 35.7 Å². The predicted molar refractivity (Wildman–Crippen MR) is 89.0 cm³/mol. The lowest BCUT2D eigenvalue weighted by molar-refractivity contribution is -0.0227. The summed E-state index contributed by atoms with van der Waals surface area (Å²) >= 11 is 0. The summed E-state index contributed by atoms with van der Waals surface area (Å²) in [5.74, 6) is 0.784. The molecule has 3 nitrogen and oxygen atoms in total. The van der Waals surface area contributed by atoms with Gasteiger partial charge in [-0.25, -0.2) is 0 Å². The highest BCUT2D eigenvalue weighted by atomic mass is 16.5. The van der Waals surface area contributed by atoms with E-state index in [0.717, 1.165) is 42.0 Å². The van der Waals surface area contributed by atoms with E-state index in [1.807, 2.05) is 13.0 Å². The fraction of sp³-hybridized carbons (Fsp3) is 0.667. The summed E-state index contributed by atoms with van der Waals surface area (Å²) in [5, 5.41) is 11.1. The molecule has 1 N–H and O–H groups in total. The Morgan fingerprint density at radius 2 is 1.76 bits per heavy atom. The average Bonchev–Trinajstić information content (AvgIpc) is 2.46. The van der Waals surface area contributed by atoms with Crippen LogP contribution in [0.5, 0.6) is 5.75 Å². The highest BCUT2D eigenvalue weighted by Crippen LogP contribution is 2.40. The molecule has 0 fully saturated rings. The Morgan fingerprint density at radius 1 is 1.19 bits per heavy atom.